The van der Waals surface area contributed by atoms with E-state index in [9.17, 15) is 0 Å². The van der Waals surface area contributed by atoms with Gasteiger partial charge in [0.25, 0.3) is 0 Å². The van der Waals surface area contributed by atoms with Crippen LogP contribution in [0.15, 0.2) is 54.7 Å². The van der Waals surface area contributed by atoms with E-state index in [0.717, 1.165) is 25.3 Å². The summed E-state index contributed by atoms with van der Waals surface area (Å²) in [5.74, 6) is 1.02. The van der Waals surface area contributed by atoms with E-state index in [1.54, 1.807) is 0 Å². The van der Waals surface area contributed by atoms with Gasteiger partial charge in [0.15, 0.2) is 8.24 Å². The van der Waals surface area contributed by atoms with Crippen molar-refractivity contribution in [1.29, 1.82) is 0 Å². The van der Waals surface area contributed by atoms with E-state index in [2.05, 4.69) is 119 Å². The zero-order valence-electron chi connectivity index (χ0n) is 22.1. The van der Waals surface area contributed by atoms with Crippen LogP contribution in [0.5, 0.6) is 5.75 Å². The highest BCUT2D eigenvalue weighted by atomic mass is 28.3. The lowest BCUT2D eigenvalue weighted by atomic mass is 10.1. The number of benzene rings is 2. The number of aromatic nitrogens is 1. The average Bonchev–Trinajstić information content (AvgIpc) is 3.15. The van der Waals surface area contributed by atoms with Crippen LogP contribution in [0.3, 0.4) is 0 Å². The monoisotopic (exact) mass is 464 g/mol. The molecule has 0 atom stereocenters. The number of ether oxygens (including phenoxy) is 1. The van der Waals surface area contributed by atoms with Gasteiger partial charge in [-0.25, -0.2) is 0 Å². The van der Waals surface area contributed by atoms with Gasteiger partial charge in [-0.2, -0.15) is 0 Å². The summed E-state index contributed by atoms with van der Waals surface area (Å²) in [5.41, 5.74) is 5.93. The predicted octanol–water partition coefficient (Wildman–Crippen LogP) is 7.74. The van der Waals surface area contributed by atoms with Crippen LogP contribution in [0.1, 0.15) is 59.6 Å². The maximum absolute atomic E-state index is 6.48. The lowest BCUT2D eigenvalue weighted by Gasteiger charge is -2.44. The van der Waals surface area contributed by atoms with Gasteiger partial charge in [-0.1, -0.05) is 84.9 Å². The molecule has 0 saturated carbocycles. The Morgan fingerprint density at radius 1 is 0.879 bits per heavy atom. The average molecular weight is 465 g/mol. The molecule has 0 aliphatic rings. The third-order valence-electron chi connectivity index (χ3n) is 7.60. The maximum atomic E-state index is 6.48. The predicted molar refractivity (Wildman–Crippen MR) is 146 cm³/mol. The first-order valence-corrected chi connectivity index (χ1v) is 14.9. The van der Waals surface area contributed by atoms with Crippen molar-refractivity contribution in [2.75, 3.05) is 20.1 Å². The zero-order valence-corrected chi connectivity index (χ0v) is 23.1. The number of hydrogen-bond acceptors (Lipinski definition) is 2. The Balaban J connectivity index is 2.17. The summed E-state index contributed by atoms with van der Waals surface area (Å²) in [4.78, 5) is 2.40. The molecule has 2 aromatic carbocycles. The van der Waals surface area contributed by atoms with Crippen molar-refractivity contribution < 1.29 is 4.74 Å². The number of hydrogen-bond donors (Lipinski definition) is 0. The fraction of sp³-hybridized carbons (Fsp3) is 0.517. The Hall–Kier alpha value is -2.04. The molecule has 0 aliphatic carbocycles. The molecule has 4 heteroatoms. The van der Waals surface area contributed by atoms with Crippen molar-refractivity contribution in [1.82, 2.24) is 9.13 Å². The molecule has 3 aromatic rings. The summed E-state index contributed by atoms with van der Waals surface area (Å²) in [7, 11) is 0.336. The first-order valence-electron chi connectivity index (χ1n) is 12.7. The van der Waals surface area contributed by atoms with Crippen molar-refractivity contribution in [2.45, 2.75) is 78.1 Å². The molecule has 180 valence electrons. The summed E-state index contributed by atoms with van der Waals surface area (Å²) in [6, 6.07) is 17.2. The van der Waals surface area contributed by atoms with Crippen LogP contribution in [0.25, 0.3) is 10.9 Å². The van der Waals surface area contributed by atoms with Crippen LogP contribution in [0.4, 0.5) is 0 Å². The normalized spacial score (nSPS) is 12.6. The Labute approximate surface area is 202 Å². The first-order chi connectivity index (χ1) is 15.7. The Kier molecular flexibility index (Phi) is 8.47. The van der Waals surface area contributed by atoms with E-state index in [0.29, 0.717) is 23.2 Å². The second kappa shape index (κ2) is 10.9. The molecule has 0 N–H and O–H groups in total. The van der Waals surface area contributed by atoms with Crippen molar-refractivity contribution in [3.05, 3.63) is 65.9 Å². The maximum Gasteiger partial charge on any atom is 0.169 e. The van der Waals surface area contributed by atoms with Gasteiger partial charge in [-0.15, -0.1) is 0 Å². The highest BCUT2D eigenvalue weighted by Gasteiger charge is 2.46. The molecule has 0 aliphatic heterocycles. The van der Waals surface area contributed by atoms with Gasteiger partial charge in [0, 0.05) is 17.4 Å². The zero-order chi connectivity index (χ0) is 24.2. The van der Waals surface area contributed by atoms with Gasteiger partial charge < -0.3 is 13.9 Å². The van der Waals surface area contributed by atoms with Crippen LogP contribution < -0.4 is 4.74 Å². The first kappa shape index (κ1) is 25.6. The molecule has 3 rings (SSSR count). The molecule has 0 bridgehead atoms. The second-order valence-corrected chi connectivity index (χ2v) is 16.2. The topological polar surface area (TPSA) is 17.4 Å². The minimum absolute atomic E-state index is 0.598. The molecule has 3 nitrogen and oxygen atoms in total. The van der Waals surface area contributed by atoms with Gasteiger partial charge >= 0.3 is 0 Å². The van der Waals surface area contributed by atoms with E-state index >= 15 is 0 Å². The van der Waals surface area contributed by atoms with Crippen LogP contribution in [0.2, 0.25) is 16.6 Å². The summed E-state index contributed by atoms with van der Waals surface area (Å²) in [6.07, 6.45) is 3.55. The van der Waals surface area contributed by atoms with Gasteiger partial charge in [-0.05, 0) is 66.1 Å². The smallest absolute Gasteiger partial charge is 0.169 e. The largest absolute Gasteiger partial charge is 0.488 e. The molecule has 0 saturated heterocycles. The Morgan fingerprint density at radius 2 is 1.52 bits per heavy atom. The van der Waals surface area contributed by atoms with Crippen LogP contribution in [-0.4, -0.2) is 37.5 Å². The molecule has 33 heavy (non-hydrogen) atoms. The molecule has 1 aromatic heterocycles. The number of likely N-dealkylation sites (N-methyl/N-ethyl adjacent to an activating group) is 1. The standard InChI is InChI=1S/C29H44N2OSi/c1-9-30(8)19-18-26-20-31(33(22(2)3,23(4)5)24(6)7)27-16-13-17-28(29(26)27)32-21-25-14-11-10-12-15-25/h10-17,20,22-24H,9,18-19,21H2,1-8H3. The Bertz CT molecular complexity index is 1000. The van der Waals surface area contributed by atoms with Gasteiger partial charge in [-0.3, -0.25) is 0 Å². The number of rotatable bonds is 11. The molecule has 0 amide bonds. The highest BCUT2D eigenvalue weighted by molar-refractivity contribution is 6.82. The van der Waals surface area contributed by atoms with Gasteiger partial charge in [0.05, 0.1) is 0 Å². The third kappa shape index (κ3) is 5.07. The van der Waals surface area contributed by atoms with Gasteiger partial charge in [0.2, 0.25) is 0 Å². The number of nitrogens with zero attached hydrogens (tertiary/aromatic N) is 2. The molecular weight excluding hydrogens is 420 g/mol. The minimum Gasteiger partial charge on any atom is -0.488 e. The number of fused-ring (bicyclic) bond motifs is 1. The van der Waals surface area contributed by atoms with Gasteiger partial charge in [0.1, 0.15) is 12.4 Å². The fourth-order valence-electron chi connectivity index (χ4n) is 6.00. The summed E-state index contributed by atoms with van der Waals surface area (Å²) < 4.78 is 9.22. The van der Waals surface area contributed by atoms with Crippen molar-refractivity contribution in [2.24, 2.45) is 0 Å². The van der Waals surface area contributed by atoms with E-state index in [1.807, 2.05) is 0 Å². The molecule has 0 radical (unpaired) electrons. The minimum atomic E-state index is -1.87. The van der Waals surface area contributed by atoms with E-state index in [-0.39, 0.29) is 0 Å². The van der Waals surface area contributed by atoms with Crippen molar-refractivity contribution in [3.8, 4) is 5.75 Å². The molecule has 0 fully saturated rings. The van der Waals surface area contributed by atoms with E-state index < -0.39 is 8.24 Å². The quantitative estimate of drug-likeness (QED) is 0.270. The summed E-state index contributed by atoms with van der Waals surface area (Å²) >= 11 is 0. The third-order valence-corrected chi connectivity index (χ3v) is 14.4. The molecule has 0 unspecified atom stereocenters. The SMILES string of the molecule is CCN(C)CCc1cn([Si](C(C)C)(C(C)C)C(C)C)c2cccc(OCc3ccccc3)c12. The van der Waals surface area contributed by atoms with E-state index in [4.69, 9.17) is 4.74 Å². The Morgan fingerprint density at radius 3 is 2.09 bits per heavy atom. The van der Waals surface area contributed by atoms with Crippen LogP contribution in [0, 0.1) is 0 Å². The molecule has 0 spiro atoms. The fourth-order valence-corrected chi connectivity index (χ4v) is 12.7. The lowest BCUT2D eigenvalue weighted by molar-refractivity contribution is 0.309. The lowest BCUT2D eigenvalue weighted by Crippen LogP contribution is -2.51. The summed E-state index contributed by atoms with van der Waals surface area (Å²) in [5, 5.41) is 1.32. The van der Waals surface area contributed by atoms with E-state index in [1.165, 1.54) is 22.0 Å². The summed E-state index contributed by atoms with van der Waals surface area (Å²) in [6.45, 7) is 19.6. The van der Waals surface area contributed by atoms with Crippen molar-refractivity contribution >= 4 is 19.1 Å². The molecular formula is C29H44N2OSi. The van der Waals surface area contributed by atoms with Crippen molar-refractivity contribution in [3.63, 3.8) is 0 Å². The molecule has 1 heterocycles. The van der Waals surface area contributed by atoms with Crippen LogP contribution in [-0.2, 0) is 13.0 Å². The second-order valence-electron chi connectivity index (χ2n) is 10.4. The van der Waals surface area contributed by atoms with Crippen LogP contribution >= 0.6 is 0 Å². The highest BCUT2D eigenvalue weighted by Crippen LogP contribution is 2.46.